The van der Waals surface area contributed by atoms with Gasteiger partial charge in [-0.2, -0.15) is 5.10 Å². The number of amides is 2. The van der Waals surface area contributed by atoms with E-state index in [1.54, 1.807) is 31.3 Å². The lowest BCUT2D eigenvalue weighted by molar-refractivity contribution is -0.137. The monoisotopic (exact) mass is 392 g/mol. The lowest BCUT2D eigenvalue weighted by atomic mass is 10.0. The Kier molecular flexibility index (Phi) is 4.32. The van der Waals surface area contributed by atoms with E-state index in [4.69, 9.17) is 5.73 Å². The van der Waals surface area contributed by atoms with Gasteiger partial charge in [-0.05, 0) is 36.4 Å². The second-order valence-electron chi connectivity index (χ2n) is 6.92. The number of carbonyl (C=O) groups excluding carboxylic acids is 2. The summed E-state index contributed by atoms with van der Waals surface area (Å²) >= 11 is 0. The molecule has 7 nitrogen and oxygen atoms in total. The number of carbonyl (C=O) groups is 2. The maximum Gasteiger partial charge on any atom is 0.269 e. The van der Waals surface area contributed by atoms with Crippen molar-refractivity contribution in [1.29, 1.82) is 0 Å². The van der Waals surface area contributed by atoms with Gasteiger partial charge in [0.2, 0.25) is 5.60 Å². The highest BCUT2D eigenvalue weighted by atomic mass is 19.1. The van der Waals surface area contributed by atoms with Crippen LogP contribution in [0.2, 0.25) is 0 Å². The van der Waals surface area contributed by atoms with Crippen molar-refractivity contribution in [1.82, 2.24) is 14.7 Å². The van der Waals surface area contributed by atoms with Crippen LogP contribution in [0, 0.1) is 17.7 Å². The van der Waals surface area contributed by atoms with Crippen LogP contribution in [-0.4, -0.2) is 50.8 Å². The number of nitrogens with zero attached hydrogens (tertiary/aromatic N) is 3. The average Bonchev–Trinajstić information content (AvgIpc) is 3.20. The van der Waals surface area contributed by atoms with E-state index >= 15 is 0 Å². The van der Waals surface area contributed by atoms with Gasteiger partial charge in [0.05, 0.1) is 11.2 Å². The Balaban J connectivity index is 1.77. The first kappa shape index (κ1) is 18.7. The number of hydrogen-bond acceptors (Lipinski definition) is 4. The molecule has 4 rings (SSSR count). The largest absolute Gasteiger partial charge is 0.369 e. The summed E-state index contributed by atoms with van der Waals surface area (Å²) in [6.07, 6.45) is 0.242. The minimum Gasteiger partial charge on any atom is -0.369 e. The molecule has 1 aromatic heterocycles. The summed E-state index contributed by atoms with van der Waals surface area (Å²) in [5.41, 5.74) is 5.28. The summed E-state index contributed by atoms with van der Waals surface area (Å²) in [5.74, 6) is 3.81. The van der Waals surface area contributed by atoms with Crippen LogP contribution in [-0.2, 0) is 4.79 Å². The van der Waals surface area contributed by atoms with Gasteiger partial charge in [0.15, 0.2) is 5.69 Å². The number of rotatable bonds is 2. The highest BCUT2D eigenvalue weighted by Crippen LogP contribution is 2.24. The second kappa shape index (κ2) is 6.72. The van der Waals surface area contributed by atoms with E-state index in [1.807, 2.05) is 0 Å². The molecule has 0 radical (unpaired) electrons. The van der Waals surface area contributed by atoms with Gasteiger partial charge in [-0.15, -0.1) is 0 Å². The van der Waals surface area contributed by atoms with Crippen molar-refractivity contribution < 1.29 is 19.1 Å². The molecule has 0 bridgehead atoms. The number of nitrogens with two attached hydrogens (primary N) is 1. The molecule has 0 spiro atoms. The van der Waals surface area contributed by atoms with Crippen molar-refractivity contribution in [2.24, 2.45) is 5.73 Å². The number of hydrogen-bond donors (Lipinski definition) is 2. The Bertz CT molecular complexity index is 1220. The lowest BCUT2D eigenvalue weighted by Crippen LogP contribution is -2.37. The minimum absolute atomic E-state index is 0.0371. The number of likely N-dealkylation sites (N-methyl/N-ethyl adjacent to an activating group) is 1. The quantitative estimate of drug-likeness (QED) is 0.640. The van der Waals surface area contributed by atoms with Crippen LogP contribution in [0.25, 0.3) is 16.6 Å². The molecule has 29 heavy (non-hydrogen) atoms. The lowest BCUT2D eigenvalue weighted by Gasteiger charge is -2.13. The van der Waals surface area contributed by atoms with Crippen LogP contribution in [0.5, 0.6) is 0 Å². The predicted octanol–water partition coefficient (Wildman–Crippen LogP) is 1.21. The number of primary amides is 1. The van der Waals surface area contributed by atoms with Gasteiger partial charge in [-0.1, -0.05) is 17.9 Å². The zero-order valence-electron chi connectivity index (χ0n) is 15.5. The fourth-order valence-corrected chi connectivity index (χ4v) is 3.33. The molecule has 2 heterocycles. The molecular formula is C21H17FN4O3. The van der Waals surface area contributed by atoms with E-state index in [0.717, 1.165) is 0 Å². The molecule has 3 N–H and O–H groups in total. The topological polar surface area (TPSA) is 101 Å². The minimum atomic E-state index is -1.69. The van der Waals surface area contributed by atoms with Crippen molar-refractivity contribution in [3.63, 3.8) is 0 Å². The van der Waals surface area contributed by atoms with Gasteiger partial charge in [0, 0.05) is 31.0 Å². The molecule has 1 saturated heterocycles. The Morgan fingerprint density at radius 1 is 1.31 bits per heavy atom. The molecule has 8 heteroatoms. The van der Waals surface area contributed by atoms with Gasteiger partial charge in [0.1, 0.15) is 5.82 Å². The summed E-state index contributed by atoms with van der Waals surface area (Å²) in [6, 6.07) is 10.9. The van der Waals surface area contributed by atoms with Gasteiger partial charge in [-0.3, -0.25) is 9.59 Å². The molecule has 146 valence electrons. The first-order valence-corrected chi connectivity index (χ1v) is 8.88. The van der Waals surface area contributed by atoms with Crippen LogP contribution in [0.1, 0.15) is 22.5 Å². The van der Waals surface area contributed by atoms with E-state index in [2.05, 4.69) is 16.9 Å². The smallest absolute Gasteiger partial charge is 0.269 e. The number of benzene rings is 2. The number of likely N-dealkylation sites (tertiary alicyclic amines) is 1. The fourth-order valence-electron chi connectivity index (χ4n) is 3.33. The highest BCUT2D eigenvalue weighted by molar-refractivity contribution is 6.04. The molecule has 3 aromatic rings. The van der Waals surface area contributed by atoms with Gasteiger partial charge in [0.25, 0.3) is 11.8 Å². The molecular weight excluding hydrogens is 375 g/mol. The van der Waals surface area contributed by atoms with Gasteiger partial charge >= 0.3 is 0 Å². The van der Waals surface area contributed by atoms with Crippen LogP contribution in [0.4, 0.5) is 4.39 Å². The molecule has 1 fully saturated rings. The number of aliphatic hydroxyl groups is 1. The summed E-state index contributed by atoms with van der Waals surface area (Å²) < 4.78 is 15.1. The Labute approximate surface area is 165 Å². The molecule has 1 atom stereocenters. The number of halogens is 1. The fraction of sp³-hybridized carbons (Fsp3) is 0.190. The number of fused-ring (bicyclic) bond motifs is 1. The second-order valence-corrected chi connectivity index (χ2v) is 6.92. The SMILES string of the molecule is CN1CC[C@@](O)(C#Cc2cccc(-n3nc(C(N)=O)c4cc(F)ccc43)c2)C1=O. The van der Waals surface area contributed by atoms with Gasteiger partial charge < -0.3 is 15.7 Å². The zero-order valence-corrected chi connectivity index (χ0v) is 15.5. The van der Waals surface area contributed by atoms with Crippen molar-refractivity contribution in [2.75, 3.05) is 13.6 Å². The normalized spacial score (nSPS) is 18.7. The third-order valence-corrected chi connectivity index (χ3v) is 4.89. The molecule has 2 aromatic carbocycles. The van der Waals surface area contributed by atoms with Crippen molar-refractivity contribution in [3.8, 4) is 17.5 Å². The third kappa shape index (κ3) is 3.22. The van der Waals surface area contributed by atoms with E-state index in [9.17, 15) is 19.1 Å². The predicted molar refractivity (Wildman–Crippen MR) is 104 cm³/mol. The Hall–Kier alpha value is -3.70. The standard InChI is InChI=1S/C21H17FN4O3/c1-25-10-9-21(29,20(25)28)8-7-13-3-2-4-15(11-13)26-17-6-5-14(22)12-16(17)18(24-26)19(23)27/h2-6,11-12,29H,9-10H2,1H3,(H2,23,27)/t21-/m0/s1. The highest BCUT2D eigenvalue weighted by Gasteiger charge is 2.42. The third-order valence-electron chi connectivity index (χ3n) is 4.89. The molecule has 0 saturated carbocycles. The van der Waals surface area contributed by atoms with Crippen molar-refractivity contribution >= 4 is 22.7 Å². The first-order valence-electron chi connectivity index (χ1n) is 8.88. The van der Waals surface area contributed by atoms with Crippen LogP contribution < -0.4 is 5.73 Å². The van der Waals surface area contributed by atoms with E-state index in [0.29, 0.717) is 28.7 Å². The van der Waals surface area contributed by atoms with Gasteiger partial charge in [-0.25, -0.2) is 9.07 Å². The summed E-state index contributed by atoms with van der Waals surface area (Å²) in [5, 5.41) is 15.0. The van der Waals surface area contributed by atoms with E-state index in [1.165, 1.54) is 27.8 Å². The first-order chi connectivity index (χ1) is 13.8. The summed E-state index contributed by atoms with van der Waals surface area (Å²) in [7, 11) is 1.62. The van der Waals surface area contributed by atoms with Crippen molar-refractivity contribution in [2.45, 2.75) is 12.0 Å². The zero-order chi connectivity index (χ0) is 20.8. The Morgan fingerprint density at radius 3 is 2.79 bits per heavy atom. The maximum absolute atomic E-state index is 13.6. The number of aromatic nitrogens is 2. The van der Waals surface area contributed by atoms with E-state index in [-0.39, 0.29) is 12.1 Å². The van der Waals surface area contributed by atoms with Crippen LogP contribution in [0.15, 0.2) is 42.5 Å². The molecule has 2 amide bonds. The summed E-state index contributed by atoms with van der Waals surface area (Å²) in [4.78, 5) is 25.2. The van der Waals surface area contributed by atoms with Crippen LogP contribution >= 0.6 is 0 Å². The van der Waals surface area contributed by atoms with E-state index < -0.39 is 23.2 Å². The molecule has 0 unspecified atom stereocenters. The maximum atomic E-state index is 13.6. The van der Waals surface area contributed by atoms with Crippen LogP contribution in [0.3, 0.4) is 0 Å². The van der Waals surface area contributed by atoms with Crippen molar-refractivity contribution in [3.05, 3.63) is 59.5 Å². The Morgan fingerprint density at radius 2 is 2.10 bits per heavy atom. The molecule has 0 aliphatic carbocycles. The average molecular weight is 392 g/mol. The summed E-state index contributed by atoms with van der Waals surface area (Å²) in [6.45, 7) is 0.440. The molecule has 1 aliphatic heterocycles. The molecule has 1 aliphatic rings.